The number of hydrogen-bond acceptors (Lipinski definition) is 5. The molecule has 2 aromatic heterocycles. The molecule has 0 unspecified atom stereocenters. The second-order valence-corrected chi connectivity index (χ2v) is 7.29. The molecule has 0 saturated heterocycles. The number of nitrogens with zero attached hydrogens (tertiary/aromatic N) is 6. The fourth-order valence-electron chi connectivity index (χ4n) is 3.52. The molecule has 2 aromatic carbocycles. The van der Waals surface area contributed by atoms with Crippen LogP contribution in [-0.2, 0) is 19.5 Å². The Morgan fingerprint density at radius 2 is 1.72 bits per heavy atom. The van der Waals surface area contributed by atoms with E-state index < -0.39 is 0 Å². The Morgan fingerprint density at radius 3 is 2.41 bits per heavy atom. The molecular weight excluding hydrogens is 402 g/mol. The monoisotopic (exact) mass is 427 g/mol. The van der Waals surface area contributed by atoms with Crippen molar-refractivity contribution in [2.24, 2.45) is 0 Å². The standard InChI is InChI=1S/C24H25N7O/c1-3-5-11-22-27-31(16-6-4-2)24(32)30(22)17-18-12-14-19(15-13-18)20-9-7-8-10-21(20)23-25-28-29-26-23/h3-10,12-15H,11,16-17H2,1-2H3,(H,25,26,28,29). The molecule has 0 amide bonds. The predicted molar refractivity (Wildman–Crippen MR) is 124 cm³/mol. The minimum Gasteiger partial charge on any atom is -0.274 e. The van der Waals surface area contributed by atoms with Crippen molar-refractivity contribution >= 4 is 0 Å². The number of tetrazole rings is 1. The minimum absolute atomic E-state index is 0.103. The van der Waals surface area contributed by atoms with Gasteiger partial charge in [-0.1, -0.05) is 72.8 Å². The van der Waals surface area contributed by atoms with Gasteiger partial charge in [-0.15, -0.1) is 10.2 Å². The first-order valence-corrected chi connectivity index (χ1v) is 10.5. The Kier molecular flexibility index (Phi) is 6.50. The largest absolute Gasteiger partial charge is 0.346 e. The molecule has 8 heteroatoms. The van der Waals surface area contributed by atoms with Crippen LogP contribution in [0.2, 0.25) is 0 Å². The molecule has 4 aromatic rings. The van der Waals surface area contributed by atoms with Crippen LogP contribution in [0.5, 0.6) is 0 Å². The molecule has 8 nitrogen and oxygen atoms in total. The van der Waals surface area contributed by atoms with Crippen LogP contribution in [0.15, 0.2) is 77.6 Å². The second kappa shape index (κ2) is 9.82. The van der Waals surface area contributed by atoms with Crippen LogP contribution in [0, 0.1) is 0 Å². The third kappa shape index (κ3) is 4.49. The van der Waals surface area contributed by atoms with E-state index in [4.69, 9.17) is 0 Å². The van der Waals surface area contributed by atoms with Crippen molar-refractivity contribution in [3.05, 3.63) is 94.7 Å². The minimum atomic E-state index is -0.103. The van der Waals surface area contributed by atoms with E-state index in [1.165, 1.54) is 4.68 Å². The molecule has 162 valence electrons. The van der Waals surface area contributed by atoms with E-state index in [1.807, 2.05) is 74.5 Å². The van der Waals surface area contributed by atoms with Crippen LogP contribution in [0.1, 0.15) is 25.2 Å². The van der Waals surface area contributed by atoms with Gasteiger partial charge in [0.05, 0.1) is 13.1 Å². The molecule has 2 heterocycles. The number of aromatic amines is 1. The van der Waals surface area contributed by atoms with Gasteiger partial charge in [-0.2, -0.15) is 10.3 Å². The van der Waals surface area contributed by atoms with Crippen LogP contribution in [0.25, 0.3) is 22.5 Å². The summed E-state index contributed by atoms with van der Waals surface area (Å²) in [6.45, 7) is 4.83. The maximum atomic E-state index is 12.9. The lowest BCUT2D eigenvalue weighted by Crippen LogP contribution is -2.25. The fraction of sp³-hybridized carbons (Fsp3) is 0.208. The van der Waals surface area contributed by atoms with E-state index >= 15 is 0 Å². The molecule has 1 N–H and O–H groups in total. The molecular formula is C24H25N7O. The van der Waals surface area contributed by atoms with Gasteiger partial charge in [0.25, 0.3) is 0 Å². The number of benzene rings is 2. The Bertz CT molecular complexity index is 1280. The average molecular weight is 428 g/mol. The third-order valence-electron chi connectivity index (χ3n) is 5.17. The molecule has 0 aliphatic rings. The van der Waals surface area contributed by atoms with Crippen LogP contribution in [0.4, 0.5) is 0 Å². The number of H-pyrrole nitrogens is 1. The lowest BCUT2D eigenvalue weighted by molar-refractivity contribution is 0.647. The maximum Gasteiger partial charge on any atom is 0.346 e. The number of aromatic nitrogens is 7. The van der Waals surface area contributed by atoms with Crippen molar-refractivity contribution in [3.8, 4) is 22.5 Å². The van der Waals surface area contributed by atoms with E-state index in [0.717, 1.165) is 28.1 Å². The number of allylic oxidation sites excluding steroid dienone is 4. The first-order valence-electron chi connectivity index (χ1n) is 10.5. The first-order chi connectivity index (χ1) is 15.7. The zero-order chi connectivity index (χ0) is 22.3. The maximum absolute atomic E-state index is 12.9. The summed E-state index contributed by atoms with van der Waals surface area (Å²) in [4.78, 5) is 12.9. The number of rotatable bonds is 8. The predicted octanol–water partition coefficient (Wildman–Crippen LogP) is 3.63. The van der Waals surface area contributed by atoms with Gasteiger partial charge in [-0.3, -0.25) is 4.57 Å². The molecule has 0 spiro atoms. The van der Waals surface area contributed by atoms with Crippen molar-refractivity contribution in [1.29, 1.82) is 0 Å². The summed E-state index contributed by atoms with van der Waals surface area (Å²) >= 11 is 0. The summed E-state index contributed by atoms with van der Waals surface area (Å²) < 4.78 is 3.25. The van der Waals surface area contributed by atoms with Gasteiger partial charge in [0.1, 0.15) is 5.82 Å². The third-order valence-corrected chi connectivity index (χ3v) is 5.17. The summed E-state index contributed by atoms with van der Waals surface area (Å²) in [6.07, 6.45) is 8.44. The molecule has 0 aliphatic carbocycles. The lowest BCUT2D eigenvalue weighted by Gasteiger charge is -2.09. The fourth-order valence-corrected chi connectivity index (χ4v) is 3.52. The van der Waals surface area contributed by atoms with E-state index in [-0.39, 0.29) is 5.69 Å². The van der Waals surface area contributed by atoms with Gasteiger partial charge in [0.15, 0.2) is 0 Å². The van der Waals surface area contributed by atoms with Crippen molar-refractivity contribution in [2.45, 2.75) is 33.4 Å². The Hall–Kier alpha value is -4.07. The molecule has 0 atom stereocenters. The molecule has 32 heavy (non-hydrogen) atoms. The molecule has 4 rings (SSSR count). The Morgan fingerprint density at radius 1 is 0.969 bits per heavy atom. The normalized spacial score (nSPS) is 11.7. The summed E-state index contributed by atoms with van der Waals surface area (Å²) in [5.74, 6) is 1.31. The molecule has 0 radical (unpaired) electrons. The van der Waals surface area contributed by atoms with Gasteiger partial charge in [-0.25, -0.2) is 9.48 Å². The zero-order valence-electron chi connectivity index (χ0n) is 18.1. The van der Waals surface area contributed by atoms with Gasteiger partial charge < -0.3 is 0 Å². The lowest BCUT2D eigenvalue weighted by atomic mass is 9.98. The summed E-state index contributed by atoms with van der Waals surface area (Å²) in [6, 6.07) is 16.1. The average Bonchev–Trinajstić information content (AvgIpc) is 3.46. The number of nitrogens with one attached hydrogen (secondary N) is 1. The summed E-state index contributed by atoms with van der Waals surface area (Å²) in [5.41, 5.74) is 3.89. The number of hydrogen-bond donors (Lipinski definition) is 1. The van der Waals surface area contributed by atoms with Gasteiger partial charge in [-0.05, 0) is 35.8 Å². The highest BCUT2D eigenvalue weighted by Crippen LogP contribution is 2.29. The second-order valence-electron chi connectivity index (χ2n) is 7.29. The van der Waals surface area contributed by atoms with Gasteiger partial charge >= 0.3 is 5.69 Å². The van der Waals surface area contributed by atoms with Crippen molar-refractivity contribution in [3.63, 3.8) is 0 Å². The van der Waals surface area contributed by atoms with Gasteiger partial charge in [0, 0.05) is 12.0 Å². The summed E-state index contributed by atoms with van der Waals surface area (Å²) in [5, 5.41) is 18.9. The quantitative estimate of drug-likeness (QED) is 0.433. The molecule has 0 saturated carbocycles. The smallest absolute Gasteiger partial charge is 0.274 e. The SMILES string of the molecule is CC=CCc1nn(CC=CC)c(=O)n1Cc1ccc(-c2ccccc2-c2nn[nH]n2)cc1. The van der Waals surface area contributed by atoms with Crippen LogP contribution < -0.4 is 5.69 Å². The topological polar surface area (TPSA) is 94.3 Å². The van der Waals surface area contributed by atoms with Crippen LogP contribution >= 0.6 is 0 Å². The molecule has 0 bridgehead atoms. The van der Waals surface area contributed by atoms with Crippen molar-refractivity contribution < 1.29 is 0 Å². The molecule has 0 aliphatic heterocycles. The van der Waals surface area contributed by atoms with Crippen molar-refractivity contribution in [2.75, 3.05) is 0 Å². The van der Waals surface area contributed by atoms with E-state index in [2.05, 4.69) is 37.9 Å². The first kappa shape index (κ1) is 21.2. The highest BCUT2D eigenvalue weighted by Gasteiger charge is 2.13. The van der Waals surface area contributed by atoms with Gasteiger partial charge in [0.2, 0.25) is 5.82 Å². The Balaban J connectivity index is 1.63. The van der Waals surface area contributed by atoms with E-state index in [9.17, 15) is 4.79 Å². The van der Waals surface area contributed by atoms with Crippen molar-refractivity contribution in [1.82, 2.24) is 35.0 Å². The molecule has 0 fully saturated rings. The highest BCUT2D eigenvalue weighted by atomic mass is 16.2. The van der Waals surface area contributed by atoms with Crippen LogP contribution in [0.3, 0.4) is 0 Å². The van der Waals surface area contributed by atoms with E-state index in [1.54, 1.807) is 4.57 Å². The summed E-state index contributed by atoms with van der Waals surface area (Å²) in [7, 11) is 0. The highest BCUT2D eigenvalue weighted by molar-refractivity contribution is 5.80. The van der Waals surface area contributed by atoms with Crippen LogP contribution in [-0.4, -0.2) is 35.0 Å². The zero-order valence-corrected chi connectivity index (χ0v) is 18.1. The Labute approximate surface area is 185 Å². The van der Waals surface area contributed by atoms with E-state index in [0.29, 0.717) is 25.3 Å².